The zero-order valence-electron chi connectivity index (χ0n) is 11.2. The molecule has 0 amide bonds. The van der Waals surface area contributed by atoms with Gasteiger partial charge in [0.1, 0.15) is 11.3 Å². The lowest BCUT2D eigenvalue weighted by molar-refractivity contribution is 0.0523. The van der Waals surface area contributed by atoms with Crippen molar-refractivity contribution in [2.75, 3.05) is 12.3 Å². The van der Waals surface area contributed by atoms with Gasteiger partial charge in [-0.2, -0.15) is 0 Å². The molecular weight excluding hydrogens is 405 g/mol. The lowest BCUT2D eigenvalue weighted by Gasteiger charge is -2.13. The molecule has 0 unspecified atom stereocenters. The van der Waals surface area contributed by atoms with Gasteiger partial charge in [0.25, 0.3) is 0 Å². The second kappa shape index (κ2) is 7.00. The number of esters is 1. The molecule has 0 aliphatic carbocycles. The van der Waals surface area contributed by atoms with Crippen LogP contribution >= 0.6 is 34.2 Å². The third-order valence-electron chi connectivity index (χ3n) is 2.58. The summed E-state index contributed by atoms with van der Waals surface area (Å²) in [5, 5.41) is 0.261. The summed E-state index contributed by atoms with van der Waals surface area (Å²) in [6.45, 7) is 1.99. The van der Waals surface area contributed by atoms with E-state index in [1.54, 1.807) is 13.0 Å². The minimum atomic E-state index is -0.521. The van der Waals surface area contributed by atoms with Crippen LogP contribution in [0.2, 0.25) is 5.02 Å². The van der Waals surface area contributed by atoms with E-state index >= 15 is 0 Å². The molecule has 6 heteroatoms. The molecule has 2 N–H and O–H groups in total. The first kappa shape index (κ1) is 15.9. The first-order valence-electron chi connectivity index (χ1n) is 6.20. The normalized spacial score (nSPS) is 10.2. The molecule has 0 heterocycles. The van der Waals surface area contributed by atoms with Crippen LogP contribution in [0.5, 0.6) is 11.5 Å². The maximum absolute atomic E-state index is 12.0. The summed E-state index contributed by atoms with van der Waals surface area (Å²) in [5.74, 6) is 0.303. The minimum absolute atomic E-state index is 0.209. The van der Waals surface area contributed by atoms with Crippen molar-refractivity contribution in [1.82, 2.24) is 0 Å². The van der Waals surface area contributed by atoms with Crippen molar-refractivity contribution in [3.05, 3.63) is 50.6 Å². The Kier molecular flexibility index (Phi) is 5.30. The van der Waals surface area contributed by atoms with Crippen molar-refractivity contribution in [2.45, 2.75) is 6.92 Å². The van der Waals surface area contributed by atoms with Crippen LogP contribution in [0.1, 0.15) is 17.3 Å². The maximum atomic E-state index is 12.0. The molecule has 2 aromatic carbocycles. The molecule has 0 spiro atoms. The van der Waals surface area contributed by atoms with Crippen LogP contribution in [0.3, 0.4) is 0 Å². The monoisotopic (exact) mass is 417 g/mol. The Labute approximate surface area is 141 Å². The molecule has 0 radical (unpaired) electrons. The fourth-order valence-corrected chi connectivity index (χ4v) is 2.51. The van der Waals surface area contributed by atoms with Gasteiger partial charge in [-0.1, -0.05) is 17.7 Å². The van der Waals surface area contributed by atoms with Crippen molar-refractivity contribution >= 4 is 45.8 Å². The van der Waals surface area contributed by atoms with Gasteiger partial charge in [0.05, 0.1) is 11.6 Å². The number of hydrogen-bond donors (Lipinski definition) is 1. The topological polar surface area (TPSA) is 61.5 Å². The quantitative estimate of drug-likeness (QED) is 0.452. The van der Waals surface area contributed by atoms with Crippen molar-refractivity contribution in [3.8, 4) is 11.5 Å². The fraction of sp³-hybridized carbons (Fsp3) is 0.133. The van der Waals surface area contributed by atoms with E-state index in [1.807, 2.05) is 18.2 Å². The average Bonchev–Trinajstić information content (AvgIpc) is 2.42. The molecule has 0 saturated carbocycles. The van der Waals surface area contributed by atoms with Crippen LogP contribution in [-0.2, 0) is 4.74 Å². The molecule has 0 saturated heterocycles. The van der Waals surface area contributed by atoms with Crippen LogP contribution < -0.4 is 10.5 Å². The summed E-state index contributed by atoms with van der Waals surface area (Å²) in [6, 6.07) is 10.4. The second-order valence-corrected chi connectivity index (χ2v) is 5.81. The number of carbonyl (C=O) groups excluding carboxylic acids is 1. The van der Waals surface area contributed by atoms with Gasteiger partial charge in [-0.25, -0.2) is 4.79 Å². The molecule has 0 aromatic heterocycles. The molecule has 2 rings (SSSR count). The second-order valence-electron chi connectivity index (χ2n) is 4.16. The molecule has 0 fully saturated rings. The number of nitrogen functional groups attached to an aromatic ring is 1. The van der Waals surface area contributed by atoms with Gasteiger partial charge in [0, 0.05) is 9.26 Å². The zero-order chi connectivity index (χ0) is 15.4. The summed E-state index contributed by atoms with van der Waals surface area (Å²) >= 11 is 8.33. The first-order valence-corrected chi connectivity index (χ1v) is 7.66. The van der Waals surface area contributed by atoms with E-state index < -0.39 is 5.97 Å². The van der Waals surface area contributed by atoms with E-state index in [1.165, 1.54) is 12.1 Å². The third-order valence-corrected chi connectivity index (χ3v) is 3.53. The number of anilines is 1. The van der Waals surface area contributed by atoms with Crippen molar-refractivity contribution in [3.63, 3.8) is 0 Å². The van der Waals surface area contributed by atoms with Gasteiger partial charge < -0.3 is 15.2 Å². The molecule has 4 nitrogen and oxygen atoms in total. The van der Waals surface area contributed by atoms with Gasteiger partial charge in [-0.05, 0) is 59.8 Å². The first-order chi connectivity index (χ1) is 10.0. The van der Waals surface area contributed by atoms with Crippen LogP contribution in [0, 0.1) is 3.57 Å². The molecular formula is C15H13ClINO3. The predicted octanol–water partition coefficient (Wildman–Crippen LogP) is 4.50. The van der Waals surface area contributed by atoms with Gasteiger partial charge in [0.2, 0.25) is 0 Å². The summed E-state index contributed by atoms with van der Waals surface area (Å²) in [7, 11) is 0. The Hall–Kier alpha value is -1.47. The SMILES string of the molecule is CCOC(=O)c1cc(N)cc(Cl)c1Oc1cccc(I)c1. The Morgan fingerprint density at radius 2 is 2.10 bits per heavy atom. The number of nitrogens with two attached hydrogens (primary N) is 1. The minimum Gasteiger partial charge on any atom is -0.462 e. The van der Waals surface area contributed by atoms with Gasteiger partial charge in [-0.3, -0.25) is 0 Å². The highest BCUT2D eigenvalue weighted by molar-refractivity contribution is 14.1. The highest BCUT2D eigenvalue weighted by Crippen LogP contribution is 2.35. The van der Waals surface area contributed by atoms with E-state index in [2.05, 4.69) is 22.6 Å². The molecule has 2 aromatic rings. The molecule has 0 bridgehead atoms. The zero-order valence-corrected chi connectivity index (χ0v) is 14.1. The lowest BCUT2D eigenvalue weighted by atomic mass is 10.1. The Morgan fingerprint density at radius 1 is 1.33 bits per heavy atom. The smallest absolute Gasteiger partial charge is 0.342 e. The van der Waals surface area contributed by atoms with Gasteiger partial charge in [-0.15, -0.1) is 0 Å². The summed E-state index contributed by atoms with van der Waals surface area (Å²) in [4.78, 5) is 12.0. The largest absolute Gasteiger partial charge is 0.462 e. The van der Waals surface area contributed by atoms with Crippen LogP contribution in [0.25, 0.3) is 0 Å². The van der Waals surface area contributed by atoms with Crippen molar-refractivity contribution < 1.29 is 14.3 Å². The number of benzene rings is 2. The number of halogens is 2. The third kappa shape index (κ3) is 4.01. The molecule has 0 aliphatic rings. The number of carbonyl (C=O) groups is 1. The molecule has 21 heavy (non-hydrogen) atoms. The molecule has 0 aliphatic heterocycles. The highest BCUT2D eigenvalue weighted by Gasteiger charge is 2.19. The maximum Gasteiger partial charge on any atom is 0.342 e. The summed E-state index contributed by atoms with van der Waals surface area (Å²) in [5.41, 5.74) is 6.31. The van der Waals surface area contributed by atoms with E-state index in [9.17, 15) is 4.79 Å². The van der Waals surface area contributed by atoms with Crippen LogP contribution in [0.15, 0.2) is 36.4 Å². The van der Waals surface area contributed by atoms with Gasteiger partial charge >= 0.3 is 5.97 Å². The summed E-state index contributed by atoms with van der Waals surface area (Å²) in [6.07, 6.45) is 0. The summed E-state index contributed by atoms with van der Waals surface area (Å²) < 4.78 is 11.8. The van der Waals surface area contributed by atoms with Crippen LogP contribution in [0.4, 0.5) is 5.69 Å². The highest BCUT2D eigenvalue weighted by atomic mass is 127. The van der Waals surface area contributed by atoms with Crippen molar-refractivity contribution in [1.29, 1.82) is 0 Å². The molecule has 110 valence electrons. The van der Waals surface area contributed by atoms with E-state index in [4.69, 9.17) is 26.8 Å². The molecule has 0 atom stereocenters. The Balaban J connectivity index is 2.44. The van der Waals surface area contributed by atoms with Gasteiger partial charge in [0.15, 0.2) is 5.75 Å². The average molecular weight is 418 g/mol. The number of ether oxygens (including phenoxy) is 2. The lowest BCUT2D eigenvalue weighted by Crippen LogP contribution is -2.07. The standard InChI is InChI=1S/C15H13ClINO3/c1-2-20-15(19)12-7-10(18)8-13(16)14(12)21-11-5-3-4-9(17)6-11/h3-8H,2,18H2,1H3. The van der Waals surface area contributed by atoms with E-state index in [0.717, 1.165) is 3.57 Å². The van der Waals surface area contributed by atoms with E-state index in [-0.39, 0.29) is 22.9 Å². The van der Waals surface area contributed by atoms with Crippen molar-refractivity contribution in [2.24, 2.45) is 0 Å². The Bertz CT molecular complexity index is 676. The number of hydrogen-bond acceptors (Lipinski definition) is 4. The number of rotatable bonds is 4. The van der Waals surface area contributed by atoms with Crippen LogP contribution in [-0.4, -0.2) is 12.6 Å². The van der Waals surface area contributed by atoms with E-state index in [0.29, 0.717) is 11.4 Å². The Morgan fingerprint density at radius 3 is 2.76 bits per heavy atom. The fourth-order valence-electron chi connectivity index (χ4n) is 1.73. The predicted molar refractivity (Wildman–Crippen MR) is 91.1 cm³/mol.